The fraction of sp³-hybridized carbons (Fsp3) is 0.611. The molecule has 0 unspecified atom stereocenters. The van der Waals surface area contributed by atoms with E-state index in [2.05, 4.69) is 11.9 Å². The van der Waals surface area contributed by atoms with E-state index in [4.69, 9.17) is 9.47 Å². The summed E-state index contributed by atoms with van der Waals surface area (Å²) in [6, 6.07) is 8.36. The molecule has 0 amide bonds. The summed E-state index contributed by atoms with van der Waals surface area (Å²) in [4.78, 5) is 14.8. The molecular formula is C18H25NO3. The number of ether oxygens (including phenoxy) is 2. The number of piperidine rings is 2. The van der Waals surface area contributed by atoms with Gasteiger partial charge < -0.3 is 14.4 Å². The Bertz CT molecular complexity index is 500. The Morgan fingerprint density at radius 3 is 2.41 bits per heavy atom. The van der Waals surface area contributed by atoms with E-state index < -0.39 is 0 Å². The van der Waals surface area contributed by atoms with Gasteiger partial charge in [0.15, 0.2) is 0 Å². The lowest BCUT2D eigenvalue weighted by atomic mass is 9.83. The zero-order chi connectivity index (χ0) is 15.5. The lowest BCUT2D eigenvalue weighted by Crippen LogP contribution is -2.52. The molecule has 3 rings (SSSR count). The molecule has 22 heavy (non-hydrogen) atoms. The van der Waals surface area contributed by atoms with Crippen LogP contribution in [0.25, 0.3) is 0 Å². The van der Waals surface area contributed by atoms with Gasteiger partial charge in [0.05, 0.1) is 12.2 Å². The standard InChI is InChI=1S/C18H25NO3/c1-3-21-16-9-7-13(8-10-16)18(20)22-17-11-14-5-4-6-15(12-17)19(14)2/h7-10,14-15,17H,3-6,11-12H2,1-2H3/t14-,15-/m0/s1. The molecule has 1 aromatic carbocycles. The summed E-state index contributed by atoms with van der Waals surface area (Å²) < 4.78 is 11.2. The second-order valence-electron chi connectivity index (χ2n) is 6.36. The molecule has 0 spiro atoms. The van der Waals surface area contributed by atoms with Gasteiger partial charge in [-0.05, 0) is 51.1 Å². The fourth-order valence-corrected chi connectivity index (χ4v) is 3.74. The molecule has 1 aromatic rings. The minimum absolute atomic E-state index is 0.0607. The van der Waals surface area contributed by atoms with Gasteiger partial charge in [-0.1, -0.05) is 6.42 Å². The minimum Gasteiger partial charge on any atom is -0.494 e. The number of carbonyl (C=O) groups excluding carboxylic acids is 1. The molecule has 4 nitrogen and oxygen atoms in total. The normalized spacial score (nSPS) is 28.2. The third-order valence-corrected chi connectivity index (χ3v) is 4.97. The van der Waals surface area contributed by atoms with Crippen LogP contribution in [0.4, 0.5) is 0 Å². The maximum absolute atomic E-state index is 12.3. The highest BCUT2D eigenvalue weighted by Gasteiger charge is 2.37. The third-order valence-electron chi connectivity index (χ3n) is 4.97. The molecule has 0 aromatic heterocycles. The molecule has 2 bridgehead atoms. The SMILES string of the molecule is CCOc1ccc(C(=O)OC2C[C@@H]3CCC[C@@H](C2)N3C)cc1. The summed E-state index contributed by atoms with van der Waals surface area (Å²) in [5.74, 6) is 0.573. The van der Waals surface area contributed by atoms with Crippen molar-refractivity contribution in [2.45, 2.75) is 57.2 Å². The van der Waals surface area contributed by atoms with E-state index in [1.807, 2.05) is 19.1 Å². The third kappa shape index (κ3) is 3.27. The smallest absolute Gasteiger partial charge is 0.338 e. The number of fused-ring (bicyclic) bond motifs is 2. The lowest BCUT2D eigenvalue weighted by molar-refractivity contribution is -0.0318. The summed E-state index contributed by atoms with van der Waals surface area (Å²) in [6.07, 6.45) is 5.75. The first-order valence-corrected chi connectivity index (χ1v) is 8.33. The maximum Gasteiger partial charge on any atom is 0.338 e. The molecule has 4 heteroatoms. The Morgan fingerprint density at radius 1 is 1.18 bits per heavy atom. The Hall–Kier alpha value is -1.55. The van der Waals surface area contributed by atoms with Crippen LogP contribution in [0.1, 0.15) is 49.4 Å². The van der Waals surface area contributed by atoms with Crippen molar-refractivity contribution < 1.29 is 14.3 Å². The Morgan fingerprint density at radius 2 is 1.82 bits per heavy atom. The molecule has 2 atom stereocenters. The van der Waals surface area contributed by atoms with Crippen LogP contribution in [0.2, 0.25) is 0 Å². The summed E-state index contributed by atoms with van der Waals surface area (Å²) >= 11 is 0. The van der Waals surface area contributed by atoms with Gasteiger partial charge >= 0.3 is 5.97 Å². The zero-order valence-corrected chi connectivity index (χ0v) is 13.5. The molecule has 2 fully saturated rings. The number of rotatable bonds is 4. The van der Waals surface area contributed by atoms with E-state index in [0.29, 0.717) is 24.3 Å². The fourth-order valence-electron chi connectivity index (χ4n) is 3.74. The predicted octanol–water partition coefficient (Wildman–Crippen LogP) is 3.26. The average molecular weight is 303 g/mol. The van der Waals surface area contributed by atoms with Crippen molar-refractivity contribution in [3.05, 3.63) is 29.8 Å². The molecule has 0 saturated carbocycles. The van der Waals surface area contributed by atoms with Gasteiger partial charge in [-0.15, -0.1) is 0 Å². The first-order valence-electron chi connectivity index (χ1n) is 8.33. The highest BCUT2D eigenvalue weighted by molar-refractivity contribution is 5.89. The van der Waals surface area contributed by atoms with E-state index in [-0.39, 0.29) is 12.1 Å². The van der Waals surface area contributed by atoms with Crippen molar-refractivity contribution in [3.8, 4) is 5.75 Å². The molecule has 2 heterocycles. The first-order chi connectivity index (χ1) is 10.7. The van der Waals surface area contributed by atoms with Crippen molar-refractivity contribution in [1.29, 1.82) is 0 Å². The first kappa shape index (κ1) is 15.3. The molecule has 0 radical (unpaired) electrons. The maximum atomic E-state index is 12.3. The highest BCUT2D eigenvalue weighted by Crippen LogP contribution is 2.34. The quantitative estimate of drug-likeness (QED) is 0.800. The van der Waals surface area contributed by atoms with Gasteiger partial charge in [0.2, 0.25) is 0 Å². The monoisotopic (exact) mass is 303 g/mol. The minimum atomic E-state index is -0.212. The predicted molar refractivity (Wildman–Crippen MR) is 85.2 cm³/mol. The molecule has 0 aliphatic carbocycles. The van der Waals surface area contributed by atoms with Crippen molar-refractivity contribution in [2.75, 3.05) is 13.7 Å². The molecular weight excluding hydrogens is 278 g/mol. The van der Waals surface area contributed by atoms with Crippen LogP contribution in [0.3, 0.4) is 0 Å². The molecule has 0 N–H and O–H groups in total. The van der Waals surface area contributed by atoms with E-state index in [1.54, 1.807) is 12.1 Å². The molecule has 120 valence electrons. The van der Waals surface area contributed by atoms with Crippen LogP contribution >= 0.6 is 0 Å². The number of hydrogen-bond acceptors (Lipinski definition) is 4. The van der Waals surface area contributed by atoms with Gasteiger partial charge in [0.25, 0.3) is 0 Å². The van der Waals surface area contributed by atoms with Gasteiger partial charge in [0, 0.05) is 24.9 Å². The van der Waals surface area contributed by atoms with E-state index >= 15 is 0 Å². The topological polar surface area (TPSA) is 38.8 Å². The second kappa shape index (κ2) is 6.69. The Labute approximate surface area is 132 Å². The number of hydrogen-bond donors (Lipinski definition) is 0. The van der Waals surface area contributed by atoms with Gasteiger partial charge in [-0.25, -0.2) is 4.79 Å². The Kier molecular flexibility index (Phi) is 4.67. The van der Waals surface area contributed by atoms with Crippen LogP contribution in [0.15, 0.2) is 24.3 Å². The Balaban J connectivity index is 1.59. The second-order valence-corrected chi connectivity index (χ2v) is 6.36. The van der Waals surface area contributed by atoms with E-state index in [1.165, 1.54) is 19.3 Å². The van der Waals surface area contributed by atoms with Gasteiger partial charge in [-0.3, -0.25) is 0 Å². The zero-order valence-electron chi connectivity index (χ0n) is 13.5. The molecule has 2 saturated heterocycles. The molecule has 2 aliphatic rings. The van der Waals surface area contributed by atoms with Gasteiger partial charge in [-0.2, -0.15) is 0 Å². The van der Waals surface area contributed by atoms with Crippen LogP contribution < -0.4 is 4.74 Å². The van der Waals surface area contributed by atoms with Crippen molar-refractivity contribution in [1.82, 2.24) is 4.90 Å². The lowest BCUT2D eigenvalue weighted by Gasteiger charge is -2.46. The van der Waals surface area contributed by atoms with Crippen molar-refractivity contribution in [2.24, 2.45) is 0 Å². The molecule has 2 aliphatic heterocycles. The van der Waals surface area contributed by atoms with Crippen molar-refractivity contribution in [3.63, 3.8) is 0 Å². The number of benzene rings is 1. The number of carbonyl (C=O) groups is 1. The summed E-state index contributed by atoms with van der Waals surface area (Å²) in [5, 5.41) is 0. The van der Waals surface area contributed by atoms with Gasteiger partial charge in [0.1, 0.15) is 11.9 Å². The summed E-state index contributed by atoms with van der Waals surface area (Å²) in [7, 11) is 2.21. The summed E-state index contributed by atoms with van der Waals surface area (Å²) in [6.45, 7) is 2.57. The van der Waals surface area contributed by atoms with Crippen LogP contribution in [-0.2, 0) is 4.74 Å². The number of nitrogens with zero attached hydrogens (tertiary/aromatic N) is 1. The van der Waals surface area contributed by atoms with Crippen molar-refractivity contribution >= 4 is 5.97 Å². The van der Waals surface area contributed by atoms with Crippen LogP contribution in [0, 0.1) is 0 Å². The number of esters is 1. The van der Waals surface area contributed by atoms with Crippen LogP contribution in [0.5, 0.6) is 5.75 Å². The van der Waals surface area contributed by atoms with Crippen LogP contribution in [-0.4, -0.2) is 42.7 Å². The highest BCUT2D eigenvalue weighted by atomic mass is 16.5. The van der Waals surface area contributed by atoms with E-state index in [9.17, 15) is 4.79 Å². The largest absolute Gasteiger partial charge is 0.494 e. The summed E-state index contributed by atoms with van der Waals surface area (Å²) in [5.41, 5.74) is 0.604. The van der Waals surface area contributed by atoms with E-state index in [0.717, 1.165) is 18.6 Å². The average Bonchev–Trinajstić information content (AvgIpc) is 2.49.